The van der Waals surface area contributed by atoms with Gasteiger partial charge in [-0.3, -0.25) is 19.4 Å². The van der Waals surface area contributed by atoms with Gasteiger partial charge < -0.3 is 26.4 Å². The Morgan fingerprint density at radius 1 is 1.08 bits per heavy atom. The topological polar surface area (TPSA) is 154 Å². The van der Waals surface area contributed by atoms with E-state index in [0.717, 1.165) is 11.5 Å². The minimum Gasteiger partial charge on any atom is -0.497 e. The lowest BCUT2D eigenvalue weighted by Gasteiger charge is -2.31. The minimum atomic E-state index is -1.14. The molecule has 3 amide bonds. The molecule has 12 heteroatoms. The molecule has 0 bridgehead atoms. The lowest BCUT2D eigenvalue weighted by Crippen LogP contribution is -2.43. The largest absolute Gasteiger partial charge is 0.497 e. The summed E-state index contributed by atoms with van der Waals surface area (Å²) in [6.07, 6.45) is 3.17. The van der Waals surface area contributed by atoms with Gasteiger partial charge in [0, 0.05) is 25.5 Å². The van der Waals surface area contributed by atoms with Crippen molar-refractivity contribution in [2.24, 2.45) is 5.73 Å². The van der Waals surface area contributed by atoms with E-state index in [9.17, 15) is 18.8 Å². The van der Waals surface area contributed by atoms with E-state index < -0.39 is 29.6 Å². The highest BCUT2D eigenvalue weighted by Crippen LogP contribution is 2.31. The van der Waals surface area contributed by atoms with Crippen LogP contribution in [0.5, 0.6) is 5.75 Å². The van der Waals surface area contributed by atoms with Gasteiger partial charge in [0.25, 0.3) is 11.8 Å². The van der Waals surface area contributed by atoms with Crippen LogP contribution in [0.2, 0.25) is 0 Å². The number of rotatable bonds is 10. The van der Waals surface area contributed by atoms with Gasteiger partial charge >= 0.3 is 0 Å². The molecular weight excluding hydrogens is 523 g/mol. The first kappa shape index (κ1) is 27.2. The number of hydrogen-bond donors (Lipinski definition) is 3. The van der Waals surface area contributed by atoms with E-state index in [-0.39, 0.29) is 29.3 Å². The quantitative estimate of drug-likeness (QED) is 0.275. The number of nitrogens with zero attached hydrogens (tertiary/aromatic N) is 3. The maximum Gasteiger partial charge on any atom is 0.270 e. The molecule has 2 heterocycles. The third-order valence-corrected chi connectivity index (χ3v) is 6.71. The number of nitrogen functional groups attached to an aromatic ring is 1. The fraction of sp³-hybridized carbons (Fsp3) is 0.148. The van der Waals surface area contributed by atoms with Gasteiger partial charge in [-0.1, -0.05) is 30.3 Å². The second-order valence-electron chi connectivity index (χ2n) is 8.45. The Hall–Kier alpha value is -4.84. The summed E-state index contributed by atoms with van der Waals surface area (Å²) in [5.74, 6) is -1.83. The van der Waals surface area contributed by atoms with Crippen molar-refractivity contribution in [1.29, 1.82) is 0 Å². The number of carbonyl (C=O) groups is 3. The Balaban J connectivity index is 1.76. The summed E-state index contributed by atoms with van der Waals surface area (Å²) in [4.78, 5) is 44.9. The van der Waals surface area contributed by atoms with Gasteiger partial charge in [0.15, 0.2) is 5.69 Å². The molecule has 0 aliphatic rings. The average molecular weight is 549 g/mol. The number of benzene rings is 2. The second-order valence-corrected chi connectivity index (χ2v) is 9.23. The third kappa shape index (κ3) is 6.36. The molecule has 0 radical (unpaired) electrons. The highest BCUT2D eigenvalue weighted by molar-refractivity contribution is 7.09. The van der Waals surface area contributed by atoms with Gasteiger partial charge in [-0.25, -0.2) is 4.39 Å². The van der Waals surface area contributed by atoms with Crippen LogP contribution in [-0.2, 0) is 17.9 Å². The highest BCUT2D eigenvalue weighted by atomic mass is 32.1. The molecule has 0 unspecified atom stereocenters. The molecule has 2 aromatic heterocycles. The number of anilines is 1. The molecule has 0 saturated carbocycles. The summed E-state index contributed by atoms with van der Waals surface area (Å²) in [6.45, 7) is 0.0752. The summed E-state index contributed by atoms with van der Waals surface area (Å²) in [6, 6.07) is 14.7. The number of aromatic nitrogens is 2. The van der Waals surface area contributed by atoms with Crippen molar-refractivity contribution in [2.75, 3.05) is 12.8 Å². The molecule has 0 aliphatic heterocycles. The lowest BCUT2D eigenvalue weighted by atomic mass is 10.0. The Kier molecular flexibility index (Phi) is 8.46. The zero-order valence-electron chi connectivity index (χ0n) is 20.8. The number of halogens is 1. The van der Waals surface area contributed by atoms with Crippen LogP contribution < -0.4 is 21.5 Å². The number of pyridine rings is 1. The Bertz CT molecular complexity index is 1460. The number of carbonyl (C=O) groups excluding carboxylic acids is 3. The SMILES string of the molecule is COc1ccc([C@@H](C(=O)NCc2ccc(F)cc2)N(Cc2cccnc2)C(=O)c2snc(C(N)=O)c2N)cc1. The lowest BCUT2D eigenvalue weighted by molar-refractivity contribution is -0.126. The molecule has 4 rings (SSSR count). The van der Waals surface area contributed by atoms with Crippen molar-refractivity contribution < 1.29 is 23.5 Å². The minimum absolute atomic E-state index is 0.0173. The smallest absolute Gasteiger partial charge is 0.270 e. The first-order chi connectivity index (χ1) is 18.8. The Labute approximate surface area is 227 Å². The molecule has 4 aromatic rings. The van der Waals surface area contributed by atoms with Crippen molar-refractivity contribution in [2.45, 2.75) is 19.1 Å². The van der Waals surface area contributed by atoms with Gasteiger partial charge in [-0.15, -0.1) is 0 Å². The van der Waals surface area contributed by atoms with Crippen LogP contribution in [0, 0.1) is 5.82 Å². The van der Waals surface area contributed by atoms with Crippen LogP contribution in [0.1, 0.15) is 42.9 Å². The van der Waals surface area contributed by atoms with Crippen molar-refractivity contribution in [1.82, 2.24) is 19.6 Å². The molecule has 1 atom stereocenters. The maximum absolute atomic E-state index is 14.0. The predicted octanol–water partition coefficient (Wildman–Crippen LogP) is 3.07. The van der Waals surface area contributed by atoms with Crippen LogP contribution in [0.4, 0.5) is 10.1 Å². The number of primary amides is 1. The second kappa shape index (κ2) is 12.1. The normalized spacial score (nSPS) is 11.4. The summed E-state index contributed by atoms with van der Waals surface area (Å²) >= 11 is 0.724. The molecule has 10 nitrogen and oxygen atoms in total. The zero-order chi connectivity index (χ0) is 27.9. The van der Waals surface area contributed by atoms with Gasteiger partial charge in [0.1, 0.15) is 22.5 Å². The molecule has 2 aromatic carbocycles. The third-order valence-electron chi connectivity index (χ3n) is 5.86. The number of hydrogen-bond acceptors (Lipinski definition) is 8. The standard InChI is InChI=1S/C27H25FN6O4S/c1-38-20-10-6-18(7-11-20)23(26(36)32-14-16-4-8-19(28)9-5-16)34(15-17-3-2-12-31-13-17)27(37)24-21(29)22(25(30)35)33-39-24/h2-13,23H,14-15,29H2,1H3,(H2,30,35)(H,32,36)/t23-/m0/s1. The van der Waals surface area contributed by atoms with Gasteiger partial charge in [0.2, 0.25) is 5.91 Å². The van der Waals surface area contributed by atoms with Crippen LogP contribution in [0.25, 0.3) is 0 Å². The molecule has 5 N–H and O–H groups in total. The van der Waals surface area contributed by atoms with Crippen molar-refractivity contribution >= 4 is 34.9 Å². The fourth-order valence-corrected chi connectivity index (χ4v) is 4.64. The van der Waals surface area contributed by atoms with E-state index in [2.05, 4.69) is 14.7 Å². The average Bonchev–Trinajstić information content (AvgIpc) is 3.34. The summed E-state index contributed by atoms with van der Waals surface area (Å²) in [5, 5.41) is 2.84. The van der Waals surface area contributed by atoms with Gasteiger partial charge in [0.05, 0.1) is 12.8 Å². The molecule has 0 fully saturated rings. The Morgan fingerprint density at radius 3 is 2.38 bits per heavy atom. The summed E-state index contributed by atoms with van der Waals surface area (Å²) < 4.78 is 22.5. The van der Waals surface area contributed by atoms with Crippen molar-refractivity contribution in [3.63, 3.8) is 0 Å². The van der Waals surface area contributed by atoms with Gasteiger partial charge in [-0.2, -0.15) is 4.37 Å². The monoisotopic (exact) mass is 548 g/mol. The maximum atomic E-state index is 14.0. The first-order valence-corrected chi connectivity index (χ1v) is 12.5. The number of nitrogens with one attached hydrogen (secondary N) is 1. The zero-order valence-corrected chi connectivity index (χ0v) is 21.7. The number of nitrogens with two attached hydrogens (primary N) is 2. The number of ether oxygens (including phenoxy) is 1. The molecule has 0 saturated heterocycles. The van der Waals surface area contributed by atoms with Crippen LogP contribution in [0.3, 0.4) is 0 Å². The van der Waals surface area contributed by atoms with E-state index in [1.807, 2.05) is 0 Å². The van der Waals surface area contributed by atoms with Gasteiger partial charge in [-0.05, 0) is 58.6 Å². The van der Waals surface area contributed by atoms with E-state index in [1.165, 1.54) is 24.1 Å². The van der Waals surface area contributed by atoms with Crippen molar-refractivity contribution in [3.8, 4) is 5.75 Å². The van der Waals surface area contributed by atoms with Crippen LogP contribution >= 0.6 is 11.5 Å². The molecule has 0 aliphatic carbocycles. The highest BCUT2D eigenvalue weighted by Gasteiger charge is 2.35. The Morgan fingerprint density at radius 2 is 1.79 bits per heavy atom. The van der Waals surface area contributed by atoms with Crippen LogP contribution in [0.15, 0.2) is 73.1 Å². The molecular formula is C27H25FN6O4S. The van der Waals surface area contributed by atoms with Crippen molar-refractivity contribution in [3.05, 3.63) is 106 Å². The van der Waals surface area contributed by atoms with E-state index >= 15 is 0 Å². The summed E-state index contributed by atoms with van der Waals surface area (Å²) in [7, 11) is 1.52. The van der Waals surface area contributed by atoms with E-state index in [4.69, 9.17) is 16.2 Å². The number of methoxy groups -OCH3 is 1. The molecule has 200 valence electrons. The molecule has 0 spiro atoms. The predicted molar refractivity (Wildman–Crippen MR) is 143 cm³/mol. The number of amides is 3. The van der Waals surface area contributed by atoms with E-state index in [0.29, 0.717) is 22.4 Å². The van der Waals surface area contributed by atoms with Crippen LogP contribution in [-0.4, -0.2) is 39.1 Å². The fourth-order valence-electron chi connectivity index (χ4n) is 3.88. The first-order valence-electron chi connectivity index (χ1n) is 11.7. The van der Waals surface area contributed by atoms with E-state index in [1.54, 1.807) is 60.9 Å². The summed E-state index contributed by atoms with van der Waals surface area (Å²) in [5.41, 5.74) is 12.9. The molecule has 39 heavy (non-hydrogen) atoms.